The van der Waals surface area contributed by atoms with Gasteiger partial charge in [0.25, 0.3) is 0 Å². The van der Waals surface area contributed by atoms with Crippen LogP contribution in [0.25, 0.3) is 0 Å². The third kappa shape index (κ3) is 2.37. The van der Waals surface area contributed by atoms with Crippen LogP contribution in [0, 0.1) is 11.3 Å². The zero-order chi connectivity index (χ0) is 12.3. The molecule has 7 heteroatoms. The molecule has 0 aliphatic rings. The first-order valence-electron chi connectivity index (χ1n) is 4.93. The summed E-state index contributed by atoms with van der Waals surface area (Å²) < 4.78 is 1.51. The third-order valence-corrected chi connectivity index (χ3v) is 3.03. The second-order valence-electron chi connectivity index (χ2n) is 3.15. The van der Waals surface area contributed by atoms with E-state index in [0.717, 1.165) is 0 Å². The van der Waals surface area contributed by atoms with Crippen molar-refractivity contribution in [1.29, 1.82) is 5.26 Å². The summed E-state index contributed by atoms with van der Waals surface area (Å²) in [5, 5.41) is 16.2. The number of nitrogens with zero attached hydrogens (tertiary/aromatic N) is 4. The fraction of sp³-hybridized carbons (Fsp3) is 0.200. The van der Waals surface area contributed by atoms with E-state index >= 15 is 0 Å². The van der Waals surface area contributed by atoms with Crippen LogP contribution in [-0.4, -0.2) is 19.7 Å². The molecule has 2 heterocycles. The molecule has 0 amide bonds. The Morgan fingerprint density at radius 3 is 3.18 bits per heavy atom. The molecule has 0 aliphatic heterocycles. The summed E-state index contributed by atoms with van der Waals surface area (Å²) in [6, 6.07) is 5.32. The summed E-state index contributed by atoms with van der Waals surface area (Å²) in [6.07, 6.45) is 1.56. The minimum absolute atomic E-state index is 0.244. The zero-order valence-electron chi connectivity index (χ0n) is 9.04. The van der Waals surface area contributed by atoms with E-state index in [9.17, 15) is 4.79 Å². The maximum Gasteiger partial charge on any atom is 0.343 e. The summed E-state index contributed by atoms with van der Waals surface area (Å²) in [4.78, 5) is 15.5. The maximum atomic E-state index is 11.3. The summed E-state index contributed by atoms with van der Waals surface area (Å²) in [6.45, 7) is 2.40. The van der Waals surface area contributed by atoms with E-state index in [-0.39, 0.29) is 5.69 Å². The smallest absolute Gasteiger partial charge is 0.270 e. The van der Waals surface area contributed by atoms with Crippen molar-refractivity contribution >= 4 is 11.8 Å². The van der Waals surface area contributed by atoms with Crippen LogP contribution in [-0.2, 0) is 6.54 Å². The Morgan fingerprint density at radius 1 is 1.65 bits per heavy atom. The Hall–Kier alpha value is -2.07. The molecule has 0 saturated heterocycles. The van der Waals surface area contributed by atoms with Gasteiger partial charge in [0.1, 0.15) is 5.03 Å². The van der Waals surface area contributed by atoms with E-state index in [1.54, 1.807) is 18.3 Å². The van der Waals surface area contributed by atoms with Gasteiger partial charge in [-0.25, -0.2) is 14.9 Å². The molecule has 0 fully saturated rings. The van der Waals surface area contributed by atoms with Gasteiger partial charge >= 0.3 is 5.69 Å². The molecule has 2 rings (SSSR count). The largest absolute Gasteiger partial charge is 0.343 e. The number of aromatic nitrogens is 4. The number of nitrogens with one attached hydrogen (secondary N) is 1. The van der Waals surface area contributed by atoms with Crippen LogP contribution in [0.15, 0.2) is 33.3 Å². The Bertz CT molecular complexity index is 624. The molecule has 0 saturated carbocycles. The Balaban J connectivity index is 2.31. The Kier molecular flexibility index (Phi) is 3.25. The van der Waals surface area contributed by atoms with Crippen LogP contribution in [0.2, 0.25) is 0 Å². The third-order valence-electron chi connectivity index (χ3n) is 2.10. The van der Waals surface area contributed by atoms with Crippen molar-refractivity contribution in [3.63, 3.8) is 0 Å². The average Bonchev–Trinajstić information content (AvgIpc) is 2.70. The second-order valence-corrected chi connectivity index (χ2v) is 4.14. The molecule has 0 bridgehead atoms. The normalized spacial score (nSPS) is 10.1. The molecule has 2 aromatic rings. The number of rotatable bonds is 3. The highest BCUT2D eigenvalue weighted by atomic mass is 32.2. The molecule has 0 aliphatic carbocycles. The monoisotopic (exact) mass is 247 g/mol. The fourth-order valence-electron chi connectivity index (χ4n) is 1.29. The average molecular weight is 247 g/mol. The molecule has 86 valence electrons. The first-order valence-corrected chi connectivity index (χ1v) is 5.75. The van der Waals surface area contributed by atoms with Crippen molar-refractivity contribution in [3.05, 3.63) is 34.4 Å². The number of pyridine rings is 1. The van der Waals surface area contributed by atoms with Crippen LogP contribution in [0.5, 0.6) is 0 Å². The lowest BCUT2D eigenvalue weighted by molar-refractivity contribution is 0.660. The highest BCUT2D eigenvalue weighted by molar-refractivity contribution is 7.99. The predicted molar refractivity (Wildman–Crippen MR) is 61.6 cm³/mol. The van der Waals surface area contributed by atoms with E-state index in [4.69, 9.17) is 5.26 Å². The molecular weight excluding hydrogens is 238 g/mol. The minimum atomic E-state index is -0.244. The summed E-state index contributed by atoms with van der Waals surface area (Å²) in [5.41, 5.74) is 0.287. The van der Waals surface area contributed by atoms with E-state index in [1.807, 2.05) is 13.0 Å². The first kappa shape index (κ1) is 11.4. The lowest BCUT2D eigenvalue weighted by atomic mass is 10.3. The molecular formula is C10H9N5OS. The van der Waals surface area contributed by atoms with Crippen LogP contribution < -0.4 is 5.69 Å². The zero-order valence-corrected chi connectivity index (χ0v) is 9.86. The first-order chi connectivity index (χ1) is 8.24. The lowest BCUT2D eigenvalue weighted by Gasteiger charge is -2.01. The molecule has 0 radical (unpaired) electrons. The maximum absolute atomic E-state index is 11.3. The van der Waals surface area contributed by atoms with Gasteiger partial charge in [0, 0.05) is 12.7 Å². The fourth-order valence-corrected chi connectivity index (χ4v) is 2.19. The van der Waals surface area contributed by atoms with Gasteiger partial charge in [-0.1, -0.05) is 0 Å². The van der Waals surface area contributed by atoms with Crippen molar-refractivity contribution in [2.45, 2.75) is 23.7 Å². The minimum Gasteiger partial charge on any atom is -0.270 e. The second kappa shape index (κ2) is 4.84. The number of nitriles is 1. The topological polar surface area (TPSA) is 87.4 Å². The quantitative estimate of drug-likeness (QED) is 0.874. The highest BCUT2D eigenvalue weighted by Crippen LogP contribution is 2.23. The molecule has 1 N–H and O–H groups in total. The molecule has 2 aromatic heterocycles. The number of hydrogen-bond donors (Lipinski definition) is 1. The molecule has 0 aromatic carbocycles. The standard InChI is InChI=1S/C10H9N5OS/c1-2-15-9(16)13-14-10(15)17-8-5-7(6-11)3-4-12-8/h3-5H,2H2,1H3,(H,13,16). The summed E-state index contributed by atoms with van der Waals surface area (Å²) >= 11 is 1.25. The van der Waals surface area contributed by atoms with E-state index in [0.29, 0.717) is 22.3 Å². The Morgan fingerprint density at radius 2 is 2.47 bits per heavy atom. The van der Waals surface area contributed by atoms with Gasteiger partial charge in [-0.05, 0) is 30.8 Å². The number of hydrogen-bond acceptors (Lipinski definition) is 5. The van der Waals surface area contributed by atoms with Gasteiger partial charge < -0.3 is 0 Å². The SMILES string of the molecule is CCn1c(Sc2cc(C#N)ccn2)n[nH]c1=O. The molecule has 0 atom stereocenters. The van der Waals surface area contributed by atoms with Crippen molar-refractivity contribution in [1.82, 2.24) is 19.7 Å². The predicted octanol–water partition coefficient (Wildman–Crippen LogP) is 1.01. The van der Waals surface area contributed by atoms with Crippen molar-refractivity contribution in [3.8, 4) is 6.07 Å². The van der Waals surface area contributed by atoms with Crippen molar-refractivity contribution in [2.24, 2.45) is 0 Å². The van der Waals surface area contributed by atoms with Crippen LogP contribution in [0.4, 0.5) is 0 Å². The van der Waals surface area contributed by atoms with Gasteiger partial charge in [-0.15, -0.1) is 5.10 Å². The molecule has 17 heavy (non-hydrogen) atoms. The number of H-pyrrole nitrogens is 1. The van der Waals surface area contributed by atoms with Crippen molar-refractivity contribution in [2.75, 3.05) is 0 Å². The lowest BCUT2D eigenvalue weighted by Crippen LogP contribution is -2.16. The van der Waals surface area contributed by atoms with Gasteiger partial charge in [0.15, 0.2) is 5.16 Å². The van der Waals surface area contributed by atoms with Gasteiger partial charge in [0.05, 0.1) is 11.6 Å². The van der Waals surface area contributed by atoms with Crippen LogP contribution in [0.3, 0.4) is 0 Å². The van der Waals surface area contributed by atoms with Gasteiger partial charge in [0.2, 0.25) is 0 Å². The molecule has 6 nitrogen and oxygen atoms in total. The van der Waals surface area contributed by atoms with E-state index in [1.165, 1.54) is 16.3 Å². The van der Waals surface area contributed by atoms with E-state index in [2.05, 4.69) is 15.2 Å². The molecule has 0 spiro atoms. The summed E-state index contributed by atoms with van der Waals surface area (Å²) in [7, 11) is 0. The van der Waals surface area contributed by atoms with E-state index < -0.39 is 0 Å². The van der Waals surface area contributed by atoms with Crippen molar-refractivity contribution < 1.29 is 0 Å². The van der Waals surface area contributed by atoms with Crippen LogP contribution in [0.1, 0.15) is 12.5 Å². The molecule has 0 unspecified atom stereocenters. The van der Waals surface area contributed by atoms with Gasteiger partial charge in [-0.3, -0.25) is 4.57 Å². The number of aromatic amines is 1. The van der Waals surface area contributed by atoms with Crippen LogP contribution >= 0.6 is 11.8 Å². The summed E-state index contributed by atoms with van der Waals surface area (Å²) in [5.74, 6) is 0. The highest BCUT2D eigenvalue weighted by Gasteiger charge is 2.09. The Labute approximate surface area is 101 Å². The van der Waals surface area contributed by atoms with Gasteiger partial charge in [-0.2, -0.15) is 5.26 Å².